The molecule has 2 aromatic carbocycles. The summed E-state index contributed by atoms with van der Waals surface area (Å²) in [7, 11) is 3.42. The Morgan fingerprint density at radius 2 is 0.795 bits per heavy atom. The van der Waals surface area contributed by atoms with E-state index in [-0.39, 0.29) is 57.1 Å². The fourth-order valence-corrected chi connectivity index (χ4v) is 8.49. The molecule has 2 nitrogen and oxygen atoms in total. The molecule has 0 radical (unpaired) electrons. The molecular weight excluding hydrogens is 608 g/mol. The SMILES string of the molecule is COc1ccc(CC=CP(C(C)C)C(C)C)cc1.COc1ccc(CC=CP(C(C)C)C(C)C)cc1.[Cl-].[Cl-].[Ni+2]. The van der Waals surface area contributed by atoms with Crippen LogP contribution in [0.2, 0.25) is 0 Å². The first-order valence-electron chi connectivity index (χ1n) is 13.2. The number of ether oxygens (including phenoxy) is 2. The van der Waals surface area contributed by atoms with Gasteiger partial charge in [0.1, 0.15) is 11.5 Å². The minimum absolute atomic E-state index is 0. The number of halogens is 2. The van der Waals surface area contributed by atoms with Crippen molar-refractivity contribution in [3.63, 3.8) is 0 Å². The van der Waals surface area contributed by atoms with Crippen LogP contribution >= 0.6 is 15.8 Å². The van der Waals surface area contributed by atoms with Crippen molar-refractivity contribution < 1.29 is 50.8 Å². The van der Waals surface area contributed by atoms with Gasteiger partial charge in [0.05, 0.1) is 14.2 Å². The van der Waals surface area contributed by atoms with Gasteiger partial charge < -0.3 is 34.3 Å². The van der Waals surface area contributed by atoms with E-state index in [1.54, 1.807) is 14.2 Å². The molecule has 0 N–H and O–H groups in total. The van der Waals surface area contributed by atoms with Crippen molar-refractivity contribution in [2.45, 2.75) is 90.9 Å². The first-order valence-corrected chi connectivity index (χ1v) is 16.3. The summed E-state index contributed by atoms with van der Waals surface area (Å²) in [6, 6.07) is 16.6. The molecule has 0 saturated heterocycles. The van der Waals surface area contributed by atoms with Gasteiger partial charge in [-0.1, -0.05) is 119 Å². The van der Waals surface area contributed by atoms with Crippen LogP contribution in [0.3, 0.4) is 0 Å². The fraction of sp³-hybridized carbons (Fsp3) is 0.500. The molecule has 0 bridgehead atoms. The standard InChI is InChI=1S/2C16H25OP.2ClH.Ni/c2*1-13(2)18(14(3)4)12-6-7-15-8-10-16(17-5)11-9-15;;;/h2*6,8-14H,7H2,1-5H3;2*1H;/q;;;;+2/p-2. The second-order valence-corrected chi connectivity index (χ2v) is 16.7. The van der Waals surface area contributed by atoms with Crippen LogP contribution in [0.4, 0.5) is 0 Å². The number of methoxy groups -OCH3 is 2. The van der Waals surface area contributed by atoms with Gasteiger partial charge in [-0.2, -0.15) is 0 Å². The van der Waals surface area contributed by atoms with Gasteiger partial charge in [-0.3, -0.25) is 0 Å². The molecule has 0 heterocycles. The quantitative estimate of drug-likeness (QED) is 0.253. The summed E-state index contributed by atoms with van der Waals surface area (Å²) in [6.07, 6.45) is 6.69. The largest absolute Gasteiger partial charge is 2.00 e. The topological polar surface area (TPSA) is 18.5 Å². The average molecular weight is 658 g/mol. The number of hydrogen-bond acceptors (Lipinski definition) is 2. The summed E-state index contributed by atoms with van der Waals surface area (Å²) in [5.41, 5.74) is 5.77. The normalized spacial score (nSPS) is 11.1. The number of hydrogen-bond donors (Lipinski definition) is 0. The minimum atomic E-state index is 0. The zero-order valence-electron chi connectivity index (χ0n) is 25.4. The van der Waals surface area contributed by atoms with Gasteiger partial charge >= 0.3 is 16.5 Å². The Bertz CT molecular complexity index is 808. The minimum Gasteiger partial charge on any atom is -1.00 e. The van der Waals surface area contributed by atoms with Crippen molar-refractivity contribution in [1.29, 1.82) is 0 Å². The fourth-order valence-electron chi connectivity index (χ4n) is 4.03. The van der Waals surface area contributed by atoms with Crippen molar-refractivity contribution in [3.8, 4) is 11.5 Å². The second-order valence-electron chi connectivity index (χ2n) is 10.1. The Hall–Kier alpha value is -0.546. The molecule has 0 saturated carbocycles. The first-order chi connectivity index (χ1) is 17.1. The maximum absolute atomic E-state index is 5.16. The molecule has 224 valence electrons. The molecule has 0 unspecified atom stereocenters. The predicted octanol–water partition coefficient (Wildman–Crippen LogP) is 4.11. The van der Waals surface area contributed by atoms with Gasteiger partial charge in [0, 0.05) is 0 Å². The van der Waals surface area contributed by atoms with Gasteiger partial charge in [-0.15, -0.1) is 0 Å². The average Bonchev–Trinajstić information content (AvgIpc) is 2.84. The number of rotatable bonds is 12. The van der Waals surface area contributed by atoms with E-state index < -0.39 is 0 Å². The Morgan fingerprint density at radius 3 is 1.00 bits per heavy atom. The van der Waals surface area contributed by atoms with Gasteiger partial charge in [0.25, 0.3) is 0 Å². The van der Waals surface area contributed by atoms with Crippen LogP contribution in [-0.4, -0.2) is 36.9 Å². The van der Waals surface area contributed by atoms with Crippen molar-refractivity contribution in [1.82, 2.24) is 0 Å². The maximum atomic E-state index is 5.16. The Labute approximate surface area is 265 Å². The molecule has 39 heavy (non-hydrogen) atoms. The molecule has 0 aliphatic heterocycles. The summed E-state index contributed by atoms with van der Waals surface area (Å²) in [5.74, 6) is 6.73. The van der Waals surface area contributed by atoms with Gasteiger partial charge in [0.15, 0.2) is 0 Å². The van der Waals surface area contributed by atoms with Crippen LogP contribution in [-0.2, 0) is 29.3 Å². The van der Waals surface area contributed by atoms with Crippen LogP contribution in [0.5, 0.6) is 11.5 Å². The Kier molecular flexibility index (Phi) is 26.5. The van der Waals surface area contributed by atoms with E-state index in [0.29, 0.717) is 0 Å². The van der Waals surface area contributed by atoms with Crippen molar-refractivity contribution in [2.24, 2.45) is 0 Å². The third kappa shape index (κ3) is 17.8. The van der Waals surface area contributed by atoms with E-state index in [0.717, 1.165) is 47.0 Å². The van der Waals surface area contributed by atoms with Crippen LogP contribution in [0, 0.1) is 0 Å². The summed E-state index contributed by atoms with van der Waals surface area (Å²) in [6.45, 7) is 18.6. The van der Waals surface area contributed by atoms with E-state index in [4.69, 9.17) is 9.47 Å². The molecule has 0 aromatic heterocycles. The third-order valence-electron chi connectivity index (χ3n) is 5.97. The van der Waals surface area contributed by atoms with Crippen molar-refractivity contribution in [3.05, 3.63) is 83.4 Å². The van der Waals surface area contributed by atoms with E-state index in [1.807, 2.05) is 24.3 Å². The second kappa shape index (κ2) is 24.1. The molecular formula is C32H50Cl2NiO2P2. The third-order valence-corrected chi connectivity index (χ3v) is 11.8. The Morgan fingerprint density at radius 1 is 0.538 bits per heavy atom. The molecule has 0 amide bonds. The summed E-state index contributed by atoms with van der Waals surface area (Å²) in [5, 5.41) is 0. The number of allylic oxidation sites excluding steroid dienone is 2. The molecule has 0 atom stereocenters. The zero-order chi connectivity index (χ0) is 27.1. The first kappa shape index (κ1) is 42.9. The molecule has 0 aliphatic carbocycles. The zero-order valence-corrected chi connectivity index (χ0v) is 29.7. The maximum Gasteiger partial charge on any atom is 2.00 e. The van der Waals surface area contributed by atoms with Crippen LogP contribution in [0.15, 0.2) is 72.3 Å². The summed E-state index contributed by atoms with van der Waals surface area (Å²) >= 11 is 0. The van der Waals surface area contributed by atoms with Crippen LogP contribution in [0.1, 0.15) is 66.5 Å². The molecule has 2 rings (SSSR count). The van der Waals surface area contributed by atoms with E-state index in [9.17, 15) is 0 Å². The Balaban J connectivity index is -0.000000617. The molecule has 0 aliphatic rings. The van der Waals surface area contributed by atoms with E-state index in [1.165, 1.54) is 11.1 Å². The van der Waals surface area contributed by atoms with Gasteiger partial charge in [-0.25, -0.2) is 0 Å². The molecule has 7 heteroatoms. The van der Waals surface area contributed by atoms with Gasteiger partial charge in [-0.05, 0) is 70.9 Å². The molecule has 0 fully saturated rings. The smallest absolute Gasteiger partial charge is 1.00 e. The summed E-state index contributed by atoms with van der Waals surface area (Å²) < 4.78 is 10.3. The summed E-state index contributed by atoms with van der Waals surface area (Å²) in [4.78, 5) is 0. The van der Waals surface area contributed by atoms with Crippen molar-refractivity contribution in [2.75, 3.05) is 14.2 Å². The van der Waals surface area contributed by atoms with E-state index >= 15 is 0 Å². The number of benzene rings is 2. The van der Waals surface area contributed by atoms with Crippen molar-refractivity contribution >= 4 is 15.8 Å². The van der Waals surface area contributed by atoms with E-state index in [2.05, 4.69) is 103 Å². The predicted molar refractivity (Wildman–Crippen MR) is 166 cm³/mol. The van der Waals surface area contributed by atoms with Crippen LogP contribution < -0.4 is 34.3 Å². The monoisotopic (exact) mass is 656 g/mol. The van der Waals surface area contributed by atoms with Gasteiger partial charge in [0.2, 0.25) is 0 Å². The van der Waals surface area contributed by atoms with Crippen LogP contribution in [0.25, 0.3) is 0 Å². The molecule has 2 aromatic rings. The molecule has 0 spiro atoms.